The van der Waals surface area contributed by atoms with Crippen molar-refractivity contribution < 1.29 is 0 Å². The lowest BCUT2D eigenvalue weighted by Crippen LogP contribution is -1.70. The Hall–Kier alpha value is -1.11. The number of nitrogens with zero attached hydrogens (tertiary/aromatic N) is 1. The van der Waals surface area contributed by atoms with Gasteiger partial charge in [-0.3, -0.25) is 0 Å². The summed E-state index contributed by atoms with van der Waals surface area (Å²) in [6.45, 7) is 0. The predicted octanol–water partition coefficient (Wildman–Crippen LogP) is 3.99. The third-order valence-electron chi connectivity index (χ3n) is 2.25. The minimum Gasteiger partial charge on any atom is -0.245 e. The van der Waals surface area contributed by atoms with Crippen molar-refractivity contribution in [3.63, 3.8) is 0 Å². The first kappa shape index (κ1) is 8.22. The van der Waals surface area contributed by atoms with Crippen molar-refractivity contribution >= 4 is 30.0 Å². The summed E-state index contributed by atoms with van der Waals surface area (Å²) in [5, 5.41) is 5.97. The van der Waals surface area contributed by atoms with Crippen molar-refractivity contribution in [2.75, 3.05) is 0 Å². The van der Waals surface area contributed by atoms with E-state index in [0.29, 0.717) is 0 Å². The van der Waals surface area contributed by atoms with Crippen molar-refractivity contribution in [2.24, 2.45) is 0 Å². The topological polar surface area (TPSA) is 12.9 Å². The van der Waals surface area contributed by atoms with Crippen LogP contribution in [0.5, 0.6) is 0 Å². The zero-order valence-electron chi connectivity index (χ0n) is 7.40. The lowest BCUT2D eigenvalue weighted by atomic mass is 10.2. The first-order valence-corrected chi connectivity index (χ1v) is 6.37. The molecule has 1 nitrogen and oxygen atoms in total. The molecular weight excluding hydrogens is 209 g/mol. The summed E-state index contributed by atoms with van der Waals surface area (Å²) in [7, 11) is 0.803. The second-order valence-corrected chi connectivity index (χ2v) is 5.10. The van der Waals surface area contributed by atoms with Crippen LogP contribution in [-0.4, -0.2) is 4.98 Å². The number of benzene rings is 1. The van der Waals surface area contributed by atoms with Gasteiger partial charge in [0.1, 0.15) is 5.01 Å². The first-order chi connectivity index (χ1) is 6.95. The van der Waals surface area contributed by atoms with Gasteiger partial charge in [-0.05, 0) is 16.3 Å². The fourth-order valence-electron chi connectivity index (χ4n) is 1.60. The van der Waals surface area contributed by atoms with E-state index in [9.17, 15) is 0 Å². The molecule has 0 radical (unpaired) electrons. The maximum absolute atomic E-state index is 4.35. The van der Waals surface area contributed by atoms with Crippen LogP contribution in [-0.2, 0) is 0 Å². The van der Waals surface area contributed by atoms with Crippen molar-refractivity contribution in [3.8, 4) is 10.6 Å². The molecule has 68 valence electrons. The average Bonchev–Trinajstić information content (AvgIpc) is 2.85. The normalized spacial score (nSPS) is 11.4. The Morgan fingerprint density at radius 2 is 2.14 bits per heavy atom. The van der Waals surface area contributed by atoms with Crippen LogP contribution < -0.4 is 0 Å². The molecule has 0 saturated carbocycles. The quantitative estimate of drug-likeness (QED) is 0.600. The second kappa shape index (κ2) is 3.23. The highest BCUT2D eigenvalue weighted by atomic mass is 32.1. The molecule has 14 heavy (non-hydrogen) atoms. The third kappa shape index (κ3) is 1.19. The fourth-order valence-corrected chi connectivity index (χ4v) is 3.54. The summed E-state index contributed by atoms with van der Waals surface area (Å²) in [5.74, 6) is 2.30. The monoisotopic (exact) mass is 217 g/mol. The molecule has 0 amide bonds. The Balaban J connectivity index is 2.33. The molecule has 0 fully saturated rings. The molecule has 0 spiro atoms. The highest BCUT2D eigenvalue weighted by Gasteiger charge is 2.05. The highest BCUT2D eigenvalue weighted by molar-refractivity contribution is 7.37. The van der Waals surface area contributed by atoms with E-state index in [1.54, 1.807) is 11.3 Å². The van der Waals surface area contributed by atoms with Crippen LogP contribution in [0.4, 0.5) is 0 Å². The number of hydrogen-bond donors (Lipinski definition) is 0. The van der Waals surface area contributed by atoms with E-state index in [0.717, 1.165) is 13.2 Å². The zero-order valence-corrected chi connectivity index (χ0v) is 9.21. The second-order valence-electron chi connectivity index (χ2n) is 3.09. The van der Waals surface area contributed by atoms with Gasteiger partial charge in [-0.25, -0.2) is 4.98 Å². The Kier molecular flexibility index (Phi) is 1.90. The van der Waals surface area contributed by atoms with Crippen molar-refractivity contribution in [1.29, 1.82) is 0 Å². The standard InChI is InChI=1S/C11H8NPS/c1-2-4-10-8(3-1)9(7-13-10)11-12-5-6-14-11/h1-7,13H. The summed E-state index contributed by atoms with van der Waals surface area (Å²) in [6.07, 6.45) is 1.87. The van der Waals surface area contributed by atoms with Gasteiger partial charge < -0.3 is 0 Å². The fraction of sp³-hybridized carbons (Fsp3) is 0. The lowest BCUT2D eigenvalue weighted by Gasteiger charge is -1.93. The number of fused-ring (bicyclic) bond motifs is 1. The van der Waals surface area contributed by atoms with Crippen LogP contribution in [0.3, 0.4) is 0 Å². The highest BCUT2D eigenvalue weighted by Crippen LogP contribution is 2.36. The van der Waals surface area contributed by atoms with Gasteiger partial charge in [0.15, 0.2) is 0 Å². The van der Waals surface area contributed by atoms with Crippen molar-refractivity contribution in [2.45, 2.75) is 0 Å². The lowest BCUT2D eigenvalue weighted by molar-refractivity contribution is 1.43. The van der Waals surface area contributed by atoms with E-state index in [-0.39, 0.29) is 0 Å². The number of hydrogen-bond acceptors (Lipinski definition) is 2. The van der Waals surface area contributed by atoms with E-state index < -0.39 is 0 Å². The van der Waals surface area contributed by atoms with Gasteiger partial charge in [0.05, 0.1) is 0 Å². The molecular formula is C11H8NPS. The number of thiazole rings is 1. The maximum Gasteiger partial charge on any atom is 0.124 e. The summed E-state index contributed by atoms with van der Waals surface area (Å²) in [6, 6.07) is 8.58. The molecule has 3 rings (SSSR count). The van der Waals surface area contributed by atoms with Crippen LogP contribution in [0.25, 0.3) is 21.1 Å². The van der Waals surface area contributed by atoms with Crippen LogP contribution in [0, 0.1) is 0 Å². The molecule has 2 heterocycles. The smallest absolute Gasteiger partial charge is 0.124 e. The van der Waals surface area contributed by atoms with Crippen molar-refractivity contribution in [1.82, 2.24) is 4.98 Å². The Labute approximate surface area is 87.5 Å². The molecule has 0 bridgehead atoms. The number of rotatable bonds is 1. The molecule has 1 atom stereocenters. The molecule has 3 aromatic rings. The summed E-state index contributed by atoms with van der Waals surface area (Å²) < 4.78 is 0. The summed E-state index contributed by atoms with van der Waals surface area (Å²) in [5.41, 5.74) is 1.31. The van der Waals surface area contributed by atoms with Gasteiger partial charge in [-0.1, -0.05) is 24.3 Å². The summed E-state index contributed by atoms with van der Waals surface area (Å²) in [4.78, 5) is 4.35. The molecule has 3 heteroatoms. The first-order valence-electron chi connectivity index (χ1n) is 4.41. The van der Waals surface area contributed by atoms with E-state index in [2.05, 4.69) is 35.0 Å². The molecule has 0 saturated heterocycles. The predicted molar refractivity (Wildman–Crippen MR) is 64.6 cm³/mol. The molecule has 0 N–H and O–H groups in total. The van der Waals surface area contributed by atoms with Gasteiger partial charge in [0.25, 0.3) is 0 Å². The minimum atomic E-state index is 0.803. The molecule has 0 aliphatic heterocycles. The van der Waals surface area contributed by atoms with E-state index >= 15 is 0 Å². The Morgan fingerprint density at radius 3 is 3.00 bits per heavy atom. The van der Waals surface area contributed by atoms with E-state index in [1.807, 2.05) is 11.6 Å². The van der Waals surface area contributed by atoms with E-state index in [1.165, 1.54) is 16.1 Å². The number of aromatic nitrogens is 1. The van der Waals surface area contributed by atoms with Gasteiger partial charge in [-0.2, -0.15) is 0 Å². The summed E-state index contributed by atoms with van der Waals surface area (Å²) >= 11 is 1.71. The molecule has 0 aliphatic rings. The molecule has 2 aromatic heterocycles. The third-order valence-corrected chi connectivity index (χ3v) is 4.24. The van der Waals surface area contributed by atoms with Gasteiger partial charge in [0, 0.05) is 17.1 Å². The Morgan fingerprint density at radius 1 is 1.21 bits per heavy atom. The van der Waals surface area contributed by atoms with Crippen LogP contribution >= 0.6 is 19.5 Å². The van der Waals surface area contributed by atoms with E-state index in [4.69, 9.17) is 0 Å². The average molecular weight is 217 g/mol. The van der Waals surface area contributed by atoms with Gasteiger partial charge >= 0.3 is 0 Å². The molecule has 1 unspecified atom stereocenters. The SMILES string of the molecule is c1ccc2c(-c3nccs3)c[pH]c2c1. The van der Waals surface area contributed by atoms with Gasteiger partial charge in [-0.15, -0.1) is 19.5 Å². The zero-order chi connectivity index (χ0) is 9.38. The minimum absolute atomic E-state index is 0.803. The van der Waals surface area contributed by atoms with Crippen molar-refractivity contribution in [3.05, 3.63) is 41.6 Å². The van der Waals surface area contributed by atoms with Crippen LogP contribution in [0.2, 0.25) is 0 Å². The molecule has 1 aromatic carbocycles. The van der Waals surface area contributed by atoms with Gasteiger partial charge in [0.2, 0.25) is 0 Å². The largest absolute Gasteiger partial charge is 0.245 e. The van der Waals surface area contributed by atoms with Crippen LogP contribution in [0.15, 0.2) is 41.6 Å². The maximum atomic E-state index is 4.35. The Bertz CT molecular complexity index is 553. The molecule has 0 aliphatic carbocycles. The van der Waals surface area contributed by atoms with Crippen LogP contribution in [0.1, 0.15) is 0 Å².